The summed E-state index contributed by atoms with van der Waals surface area (Å²) in [5.41, 5.74) is 5.73. The zero-order valence-electron chi connectivity index (χ0n) is 6.95. The van der Waals surface area contributed by atoms with E-state index in [1.54, 1.807) is 0 Å². The van der Waals surface area contributed by atoms with Gasteiger partial charge < -0.3 is 15.3 Å². The van der Waals surface area contributed by atoms with Gasteiger partial charge in [0, 0.05) is 11.5 Å². The molecule has 0 saturated heterocycles. The highest BCUT2D eigenvalue weighted by molar-refractivity contribution is 5.95. The number of nitrogens with two attached hydrogens (primary N) is 1. The van der Waals surface area contributed by atoms with Crippen LogP contribution < -0.4 is 5.73 Å². The van der Waals surface area contributed by atoms with Crippen molar-refractivity contribution in [3.8, 4) is 0 Å². The molecule has 0 unspecified atom stereocenters. The van der Waals surface area contributed by atoms with Gasteiger partial charge in [-0.3, -0.25) is 0 Å². The van der Waals surface area contributed by atoms with E-state index < -0.39 is 11.8 Å². The Labute approximate surface area is 77.7 Å². The van der Waals surface area contributed by atoms with E-state index in [9.17, 15) is 9.18 Å². The fourth-order valence-electron chi connectivity index (χ4n) is 1.25. The number of aromatic carboxylic acids is 1. The minimum absolute atomic E-state index is 0.0903. The Bertz CT molecular complexity index is 518. The summed E-state index contributed by atoms with van der Waals surface area (Å²) in [5, 5.41) is 8.96. The molecule has 0 aliphatic heterocycles. The highest BCUT2D eigenvalue weighted by Gasteiger charge is 2.12. The Morgan fingerprint density at radius 1 is 1.43 bits per heavy atom. The molecule has 0 spiro atoms. The Hall–Kier alpha value is -2.04. The lowest BCUT2D eigenvalue weighted by atomic mass is 10.2. The van der Waals surface area contributed by atoms with Crippen molar-refractivity contribution >= 4 is 22.6 Å². The Morgan fingerprint density at radius 3 is 2.79 bits per heavy atom. The summed E-state index contributed by atoms with van der Waals surface area (Å²) >= 11 is 0. The van der Waals surface area contributed by atoms with E-state index in [-0.39, 0.29) is 17.0 Å². The fraction of sp³-hybridized carbons (Fsp3) is 0. The topological polar surface area (TPSA) is 76.5 Å². The number of carboxylic acid groups (broad SMARTS) is 1. The van der Waals surface area contributed by atoms with Crippen molar-refractivity contribution in [3.05, 3.63) is 29.8 Å². The number of furan rings is 1. The number of halogens is 1. The Morgan fingerprint density at radius 2 is 2.14 bits per heavy atom. The van der Waals surface area contributed by atoms with E-state index in [1.807, 2.05) is 0 Å². The number of nitrogen functional groups attached to an aromatic ring is 1. The van der Waals surface area contributed by atoms with Crippen LogP contribution in [0.4, 0.5) is 10.1 Å². The monoisotopic (exact) mass is 195 g/mol. The molecular weight excluding hydrogens is 189 g/mol. The first-order chi connectivity index (χ1) is 6.58. The third-order valence-electron chi connectivity index (χ3n) is 1.82. The quantitative estimate of drug-likeness (QED) is 0.681. The second-order valence-corrected chi connectivity index (χ2v) is 2.83. The number of hydrogen-bond acceptors (Lipinski definition) is 3. The summed E-state index contributed by atoms with van der Waals surface area (Å²) in [4.78, 5) is 10.5. The smallest absolute Gasteiger partial charge is 0.371 e. The second-order valence-electron chi connectivity index (χ2n) is 2.83. The molecule has 3 N–H and O–H groups in total. The molecule has 0 saturated carbocycles. The molecule has 1 aromatic heterocycles. The number of benzene rings is 1. The van der Waals surface area contributed by atoms with Gasteiger partial charge in [0.25, 0.3) is 0 Å². The molecule has 2 aromatic rings. The van der Waals surface area contributed by atoms with Crippen LogP contribution in [0.3, 0.4) is 0 Å². The molecule has 0 fully saturated rings. The molecule has 14 heavy (non-hydrogen) atoms. The van der Waals surface area contributed by atoms with Crippen molar-refractivity contribution in [2.75, 3.05) is 5.73 Å². The summed E-state index contributed by atoms with van der Waals surface area (Å²) in [6.45, 7) is 0. The van der Waals surface area contributed by atoms with Crippen LogP contribution in [0.25, 0.3) is 11.0 Å². The Balaban J connectivity index is 2.76. The van der Waals surface area contributed by atoms with Gasteiger partial charge in [-0.1, -0.05) is 0 Å². The van der Waals surface area contributed by atoms with Crippen LogP contribution in [0.2, 0.25) is 0 Å². The minimum atomic E-state index is -1.21. The van der Waals surface area contributed by atoms with E-state index in [2.05, 4.69) is 0 Å². The van der Waals surface area contributed by atoms with Crippen LogP contribution in [-0.4, -0.2) is 11.1 Å². The molecule has 5 heteroatoms. The maximum atomic E-state index is 12.8. The molecular formula is C9H6FNO3. The first-order valence-electron chi connectivity index (χ1n) is 3.80. The lowest BCUT2D eigenvalue weighted by Gasteiger charge is -1.93. The third kappa shape index (κ3) is 1.19. The number of fused-ring (bicyclic) bond motifs is 1. The molecule has 1 aromatic carbocycles. The summed E-state index contributed by atoms with van der Waals surface area (Å²) in [5.74, 6) is -1.98. The van der Waals surface area contributed by atoms with Crippen LogP contribution in [0.15, 0.2) is 22.6 Å². The summed E-state index contributed by atoms with van der Waals surface area (Å²) in [6.07, 6.45) is 0. The van der Waals surface area contributed by atoms with E-state index in [1.165, 1.54) is 12.1 Å². The van der Waals surface area contributed by atoms with Gasteiger partial charge in [0.15, 0.2) is 5.58 Å². The molecule has 0 bridgehead atoms. The predicted molar refractivity (Wildman–Crippen MR) is 47.5 cm³/mol. The molecule has 0 amide bonds. The lowest BCUT2D eigenvalue weighted by molar-refractivity contribution is 0.0665. The van der Waals surface area contributed by atoms with Gasteiger partial charge in [-0.15, -0.1) is 0 Å². The van der Waals surface area contributed by atoms with Gasteiger partial charge >= 0.3 is 5.97 Å². The third-order valence-corrected chi connectivity index (χ3v) is 1.82. The maximum Gasteiger partial charge on any atom is 0.371 e. The SMILES string of the molecule is Nc1cc(F)cc2cc(C(=O)O)oc12. The number of rotatable bonds is 1. The van der Waals surface area contributed by atoms with E-state index in [0.29, 0.717) is 5.39 Å². The zero-order valence-corrected chi connectivity index (χ0v) is 6.95. The van der Waals surface area contributed by atoms with Crippen molar-refractivity contribution in [2.24, 2.45) is 0 Å². The first kappa shape index (κ1) is 8.55. The zero-order chi connectivity index (χ0) is 10.3. The van der Waals surface area contributed by atoms with Crippen LogP contribution in [0.1, 0.15) is 10.6 Å². The summed E-state index contributed by atoms with van der Waals surface area (Å²) in [6, 6.07) is 3.48. The number of carbonyl (C=O) groups is 1. The van der Waals surface area contributed by atoms with Crippen LogP contribution in [0.5, 0.6) is 0 Å². The first-order valence-corrected chi connectivity index (χ1v) is 3.80. The highest BCUT2D eigenvalue weighted by atomic mass is 19.1. The van der Waals surface area contributed by atoms with Gasteiger partial charge in [-0.05, 0) is 12.1 Å². The van der Waals surface area contributed by atoms with Crippen LogP contribution in [0, 0.1) is 5.82 Å². The van der Waals surface area contributed by atoms with Crippen molar-refractivity contribution in [2.45, 2.75) is 0 Å². The fourth-order valence-corrected chi connectivity index (χ4v) is 1.25. The molecule has 72 valence electrons. The predicted octanol–water partition coefficient (Wildman–Crippen LogP) is 1.85. The summed E-state index contributed by atoms with van der Waals surface area (Å²) < 4.78 is 17.8. The lowest BCUT2D eigenvalue weighted by Crippen LogP contribution is -1.91. The largest absolute Gasteiger partial charge is 0.475 e. The van der Waals surface area contributed by atoms with Crippen molar-refractivity contribution in [1.29, 1.82) is 0 Å². The van der Waals surface area contributed by atoms with E-state index in [4.69, 9.17) is 15.3 Å². The van der Waals surface area contributed by atoms with Gasteiger partial charge in [-0.25, -0.2) is 9.18 Å². The Kier molecular flexibility index (Phi) is 1.67. The van der Waals surface area contributed by atoms with Crippen molar-refractivity contribution < 1.29 is 18.7 Å². The molecule has 0 aliphatic rings. The molecule has 1 heterocycles. The number of carboxylic acids is 1. The highest BCUT2D eigenvalue weighted by Crippen LogP contribution is 2.26. The minimum Gasteiger partial charge on any atom is -0.475 e. The molecule has 0 aliphatic carbocycles. The average Bonchev–Trinajstić information content (AvgIpc) is 2.47. The molecule has 0 atom stereocenters. The van der Waals surface area contributed by atoms with Crippen molar-refractivity contribution in [1.82, 2.24) is 0 Å². The van der Waals surface area contributed by atoms with E-state index >= 15 is 0 Å². The van der Waals surface area contributed by atoms with Crippen molar-refractivity contribution in [3.63, 3.8) is 0 Å². The van der Waals surface area contributed by atoms with Crippen LogP contribution >= 0.6 is 0 Å². The molecule has 0 radical (unpaired) electrons. The molecule has 4 nitrogen and oxygen atoms in total. The van der Waals surface area contributed by atoms with Gasteiger partial charge in [0.2, 0.25) is 5.76 Å². The van der Waals surface area contributed by atoms with Gasteiger partial charge in [0.05, 0.1) is 5.69 Å². The second kappa shape index (κ2) is 2.73. The average molecular weight is 195 g/mol. The van der Waals surface area contributed by atoms with Gasteiger partial charge in [-0.2, -0.15) is 0 Å². The van der Waals surface area contributed by atoms with Gasteiger partial charge in [0.1, 0.15) is 5.82 Å². The standard InChI is InChI=1S/C9H6FNO3/c10-5-1-4-2-7(9(12)13)14-8(4)6(11)3-5/h1-3H,11H2,(H,12,13). The molecule has 2 rings (SSSR count). The number of anilines is 1. The number of hydrogen-bond donors (Lipinski definition) is 2. The normalized spacial score (nSPS) is 10.6. The van der Waals surface area contributed by atoms with Crippen LogP contribution in [-0.2, 0) is 0 Å². The maximum absolute atomic E-state index is 12.8. The van der Waals surface area contributed by atoms with E-state index in [0.717, 1.165) is 6.07 Å². The summed E-state index contributed by atoms with van der Waals surface area (Å²) in [7, 11) is 0.